The molecule has 1 saturated heterocycles. The van der Waals surface area contributed by atoms with Gasteiger partial charge >= 0.3 is 6.09 Å². The van der Waals surface area contributed by atoms with Crippen molar-refractivity contribution in [3.63, 3.8) is 0 Å². The number of carbonyl (C=O) groups is 2. The van der Waals surface area contributed by atoms with E-state index in [0.29, 0.717) is 49.8 Å². The molecule has 0 saturated carbocycles. The lowest BCUT2D eigenvalue weighted by Gasteiger charge is -2.31. The molecular formula is C27H44N2O9S. The SMILES string of the molecule is COCCCOc1cc(C(=O)N(C[C@@H]2CN(C(=O)OC(C)(C)C)C[C@@H]2COS(C)(=O)=O)C(C)C)ccc1OC. The number of hydrogen-bond donors (Lipinski definition) is 0. The van der Waals surface area contributed by atoms with Crippen LogP contribution in [0.25, 0.3) is 0 Å². The Balaban J connectivity index is 2.26. The first kappa shape index (κ1) is 32.6. The highest BCUT2D eigenvalue weighted by Crippen LogP contribution is 2.31. The Morgan fingerprint density at radius 2 is 1.74 bits per heavy atom. The van der Waals surface area contributed by atoms with Gasteiger partial charge in [-0.15, -0.1) is 0 Å². The molecule has 1 aromatic rings. The van der Waals surface area contributed by atoms with Gasteiger partial charge in [0.25, 0.3) is 16.0 Å². The molecule has 2 atom stereocenters. The normalized spacial score (nSPS) is 17.8. The van der Waals surface area contributed by atoms with Crippen molar-refractivity contribution in [1.82, 2.24) is 9.80 Å². The number of amides is 2. The fraction of sp³-hybridized carbons (Fsp3) is 0.704. The monoisotopic (exact) mass is 572 g/mol. The molecule has 1 fully saturated rings. The van der Waals surface area contributed by atoms with Crippen molar-refractivity contribution in [1.29, 1.82) is 0 Å². The van der Waals surface area contributed by atoms with Crippen LogP contribution in [0.5, 0.6) is 11.5 Å². The summed E-state index contributed by atoms with van der Waals surface area (Å²) in [6.45, 7) is 10.9. The van der Waals surface area contributed by atoms with E-state index in [9.17, 15) is 18.0 Å². The number of ether oxygens (including phenoxy) is 4. The van der Waals surface area contributed by atoms with Gasteiger partial charge in [-0.3, -0.25) is 8.98 Å². The lowest BCUT2D eigenvalue weighted by atomic mass is 9.95. The molecule has 1 aromatic carbocycles. The Morgan fingerprint density at radius 3 is 2.31 bits per heavy atom. The highest BCUT2D eigenvalue weighted by molar-refractivity contribution is 7.85. The van der Waals surface area contributed by atoms with E-state index in [1.807, 2.05) is 13.8 Å². The van der Waals surface area contributed by atoms with E-state index in [4.69, 9.17) is 23.1 Å². The van der Waals surface area contributed by atoms with E-state index >= 15 is 0 Å². The molecular weight excluding hydrogens is 528 g/mol. The minimum Gasteiger partial charge on any atom is -0.493 e. The van der Waals surface area contributed by atoms with Crippen LogP contribution in [0, 0.1) is 11.8 Å². The summed E-state index contributed by atoms with van der Waals surface area (Å²) >= 11 is 0. The molecule has 12 heteroatoms. The van der Waals surface area contributed by atoms with Gasteiger partial charge in [-0.2, -0.15) is 8.42 Å². The second-order valence-corrected chi connectivity index (χ2v) is 12.6. The average molecular weight is 573 g/mol. The Kier molecular flexibility index (Phi) is 11.9. The predicted octanol–water partition coefficient (Wildman–Crippen LogP) is 3.42. The molecule has 0 aromatic heterocycles. The molecule has 1 aliphatic heterocycles. The molecule has 0 aliphatic carbocycles. The third-order valence-corrected chi connectivity index (χ3v) is 6.76. The Bertz CT molecular complexity index is 1070. The second-order valence-electron chi connectivity index (χ2n) is 11.0. The summed E-state index contributed by atoms with van der Waals surface area (Å²) in [6.07, 6.45) is 1.19. The van der Waals surface area contributed by atoms with E-state index in [0.717, 1.165) is 6.26 Å². The number of methoxy groups -OCH3 is 2. The number of benzene rings is 1. The van der Waals surface area contributed by atoms with Crippen molar-refractivity contribution in [3.8, 4) is 11.5 Å². The quantitative estimate of drug-likeness (QED) is 0.259. The minimum absolute atomic E-state index is 0.0923. The predicted molar refractivity (Wildman–Crippen MR) is 147 cm³/mol. The molecule has 1 aliphatic rings. The first-order valence-electron chi connectivity index (χ1n) is 13.1. The highest BCUT2D eigenvalue weighted by Gasteiger charge is 2.39. The van der Waals surface area contributed by atoms with E-state index in [2.05, 4.69) is 0 Å². The van der Waals surface area contributed by atoms with Gasteiger partial charge < -0.3 is 28.7 Å². The van der Waals surface area contributed by atoms with Gasteiger partial charge in [0.15, 0.2) is 11.5 Å². The number of rotatable bonds is 13. The zero-order valence-electron chi connectivity index (χ0n) is 24.4. The number of likely N-dealkylation sites (tertiary alicyclic amines) is 1. The van der Waals surface area contributed by atoms with Crippen molar-refractivity contribution in [2.24, 2.45) is 11.8 Å². The lowest BCUT2D eigenvalue weighted by molar-refractivity contribution is 0.0280. The molecule has 0 spiro atoms. The maximum absolute atomic E-state index is 13.7. The van der Waals surface area contributed by atoms with Gasteiger partial charge in [0.1, 0.15) is 5.60 Å². The fourth-order valence-corrected chi connectivity index (χ4v) is 4.70. The molecule has 2 rings (SSSR count). The summed E-state index contributed by atoms with van der Waals surface area (Å²) in [5.74, 6) is 0.222. The summed E-state index contributed by atoms with van der Waals surface area (Å²) in [5.41, 5.74) is -0.247. The average Bonchev–Trinajstić information content (AvgIpc) is 3.25. The van der Waals surface area contributed by atoms with Crippen LogP contribution in [0.2, 0.25) is 0 Å². The van der Waals surface area contributed by atoms with Crippen LogP contribution < -0.4 is 9.47 Å². The Hall–Kier alpha value is -2.57. The summed E-state index contributed by atoms with van der Waals surface area (Å²) in [5, 5.41) is 0. The summed E-state index contributed by atoms with van der Waals surface area (Å²) in [7, 11) is -0.521. The molecule has 1 heterocycles. The molecule has 0 bridgehead atoms. The topological polar surface area (TPSA) is 121 Å². The van der Waals surface area contributed by atoms with E-state index in [1.165, 1.54) is 7.11 Å². The van der Waals surface area contributed by atoms with E-state index < -0.39 is 21.8 Å². The van der Waals surface area contributed by atoms with Gasteiger partial charge in [0.05, 0.1) is 26.6 Å². The van der Waals surface area contributed by atoms with Crippen LogP contribution >= 0.6 is 0 Å². The molecule has 39 heavy (non-hydrogen) atoms. The summed E-state index contributed by atoms with van der Waals surface area (Å²) < 4.78 is 50.3. The van der Waals surface area contributed by atoms with Crippen molar-refractivity contribution in [2.45, 2.75) is 52.7 Å². The Labute approximate surface area is 232 Å². The zero-order chi connectivity index (χ0) is 29.4. The van der Waals surface area contributed by atoms with Crippen molar-refractivity contribution >= 4 is 22.1 Å². The molecule has 222 valence electrons. The molecule has 2 amide bonds. The van der Waals surface area contributed by atoms with Crippen LogP contribution in [0.4, 0.5) is 4.79 Å². The standard InChI is InChI=1S/C27H44N2O9S/c1-19(2)29(25(30)20-10-11-23(35-7)24(14-20)36-13-9-12-34-6)17-21-15-28(26(31)38-27(3,4)5)16-22(21)18-37-39(8,32)33/h10-11,14,19,21-22H,9,12-13,15-18H2,1-8H3/t21-,22+/m0/s1. The Morgan fingerprint density at radius 1 is 1.08 bits per heavy atom. The van der Waals surface area contributed by atoms with Crippen molar-refractivity contribution in [2.75, 3.05) is 59.9 Å². The van der Waals surface area contributed by atoms with E-state index in [1.54, 1.807) is 55.9 Å². The van der Waals surface area contributed by atoms with Crippen LogP contribution in [0.15, 0.2) is 18.2 Å². The van der Waals surface area contributed by atoms with Gasteiger partial charge in [0, 0.05) is 63.2 Å². The molecule has 11 nitrogen and oxygen atoms in total. The van der Waals surface area contributed by atoms with Crippen LogP contribution in [0.3, 0.4) is 0 Å². The molecule has 0 unspecified atom stereocenters. The van der Waals surface area contributed by atoms with Crippen molar-refractivity contribution in [3.05, 3.63) is 23.8 Å². The second kappa shape index (κ2) is 14.2. The third-order valence-electron chi connectivity index (χ3n) is 6.20. The number of nitrogens with zero attached hydrogens (tertiary/aromatic N) is 2. The number of hydrogen-bond acceptors (Lipinski definition) is 9. The molecule has 0 radical (unpaired) electrons. The largest absolute Gasteiger partial charge is 0.493 e. The first-order chi connectivity index (χ1) is 18.1. The number of carbonyl (C=O) groups excluding carboxylic acids is 2. The first-order valence-corrected chi connectivity index (χ1v) is 14.9. The summed E-state index contributed by atoms with van der Waals surface area (Å²) in [4.78, 5) is 29.8. The third kappa shape index (κ3) is 10.5. The van der Waals surface area contributed by atoms with Gasteiger partial charge in [-0.1, -0.05) is 0 Å². The van der Waals surface area contributed by atoms with Gasteiger partial charge in [0.2, 0.25) is 0 Å². The van der Waals surface area contributed by atoms with E-state index in [-0.39, 0.29) is 36.9 Å². The van der Waals surface area contributed by atoms with Gasteiger partial charge in [-0.25, -0.2) is 4.79 Å². The van der Waals surface area contributed by atoms with Gasteiger partial charge in [-0.05, 0) is 52.8 Å². The maximum Gasteiger partial charge on any atom is 0.410 e. The van der Waals surface area contributed by atoms with Crippen LogP contribution in [-0.2, 0) is 23.8 Å². The highest BCUT2D eigenvalue weighted by atomic mass is 32.2. The zero-order valence-corrected chi connectivity index (χ0v) is 25.2. The minimum atomic E-state index is -3.68. The van der Waals surface area contributed by atoms with Crippen LogP contribution in [0.1, 0.15) is 51.4 Å². The fourth-order valence-electron chi connectivity index (χ4n) is 4.28. The smallest absolute Gasteiger partial charge is 0.410 e. The maximum atomic E-state index is 13.7. The lowest BCUT2D eigenvalue weighted by Crippen LogP contribution is -2.43. The summed E-state index contributed by atoms with van der Waals surface area (Å²) in [6, 6.07) is 4.87. The van der Waals surface area contributed by atoms with Crippen LogP contribution in [-0.4, -0.2) is 102 Å². The van der Waals surface area contributed by atoms with Crippen molar-refractivity contribution < 1.29 is 41.1 Å². The molecule has 0 N–H and O–H groups in total.